The number of esters is 2. The van der Waals surface area contributed by atoms with Gasteiger partial charge in [-0.1, -0.05) is 169 Å². The molecule has 366 valence electrons. The topological polar surface area (TPSA) is 59.1 Å². The molecular formula is C56H108N2O4. The molecule has 0 aliphatic heterocycles. The van der Waals surface area contributed by atoms with Gasteiger partial charge in [0.05, 0.1) is 0 Å². The number of hydrogen-bond donors (Lipinski definition) is 0. The first-order chi connectivity index (χ1) is 29.6. The van der Waals surface area contributed by atoms with E-state index in [1.807, 2.05) is 0 Å². The van der Waals surface area contributed by atoms with Crippen LogP contribution in [0.4, 0.5) is 0 Å². The van der Waals surface area contributed by atoms with E-state index in [-0.39, 0.29) is 11.9 Å². The summed E-state index contributed by atoms with van der Waals surface area (Å²) in [6.07, 6.45) is 34.9. The van der Waals surface area contributed by atoms with Gasteiger partial charge in [0.25, 0.3) is 0 Å². The van der Waals surface area contributed by atoms with Crippen molar-refractivity contribution in [1.82, 2.24) is 9.80 Å². The zero-order valence-corrected chi connectivity index (χ0v) is 43.8. The van der Waals surface area contributed by atoms with Gasteiger partial charge in [-0.15, -0.1) is 0 Å². The Balaban J connectivity index is 4.08. The van der Waals surface area contributed by atoms with Gasteiger partial charge in [0.1, 0.15) is 13.2 Å². The van der Waals surface area contributed by atoms with Gasteiger partial charge in [-0.2, -0.15) is 0 Å². The van der Waals surface area contributed by atoms with Crippen molar-refractivity contribution in [1.29, 1.82) is 0 Å². The summed E-state index contributed by atoms with van der Waals surface area (Å²) >= 11 is 0. The highest BCUT2D eigenvalue weighted by atomic mass is 16.5. The van der Waals surface area contributed by atoms with Crippen molar-refractivity contribution in [2.24, 2.45) is 35.5 Å². The lowest BCUT2D eigenvalue weighted by molar-refractivity contribution is -0.143. The molecule has 0 bridgehead atoms. The van der Waals surface area contributed by atoms with Gasteiger partial charge in [-0.05, 0) is 140 Å². The molecule has 0 radical (unpaired) electrons. The molecule has 0 fully saturated rings. The second-order valence-electron chi connectivity index (χ2n) is 21.4. The molecule has 0 aromatic rings. The first kappa shape index (κ1) is 60.3. The zero-order chi connectivity index (χ0) is 46.4. The van der Waals surface area contributed by atoms with Gasteiger partial charge >= 0.3 is 11.9 Å². The molecule has 4 unspecified atom stereocenters. The number of nitrogens with zero attached hydrogens (tertiary/aromatic N) is 2. The quantitative estimate of drug-likeness (QED) is 0.0346. The predicted molar refractivity (Wildman–Crippen MR) is 271 cm³/mol. The minimum atomic E-state index is -0.0749. The number of hydrogen-bond acceptors (Lipinski definition) is 6. The van der Waals surface area contributed by atoms with Crippen LogP contribution < -0.4 is 0 Å². The van der Waals surface area contributed by atoms with E-state index in [2.05, 4.69) is 105 Å². The van der Waals surface area contributed by atoms with E-state index in [9.17, 15) is 9.59 Å². The molecule has 4 atom stereocenters. The zero-order valence-electron chi connectivity index (χ0n) is 43.8. The lowest BCUT2D eigenvalue weighted by atomic mass is 9.91. The van der Waals surface area contributed by atoms with Crippen molar-refractivity contribution >= 4 is 11.9 Å². The van der Waals surface area contributed by atoms with Crippen LogP contribution in [-0.2, 0) is 19.1 Å². The number of carbonyl (C=O) groups is 2. The van der Waals surface area contributed by atoms with Crippen molar-refractivity contribution in [3.63, 3.8) is 0 Å². The Labute approximate surface area is 388 Å². The summed E-state index contributed by atoms with van der Waals surface area (Å²) in [6.45, 7) is 28.3. The van der Waals surface area contributed by atoms with Crippen LogP contribution in [0.2, 0.25) is 0 Å². The van der Waals surface area contributed by atoms with Crippen LogP contribution in [0, 0.1) is 35.5 Å². The minimum Gasteiger partial charge on any atom is -0.461 e. The Bertz CT molecular complexity index is 1030. The normalized spacial score (nSPS) is 14.6. The summed E-state index contributed by atoms with van der Waals surface area (Å²) in [5.74, 6) is 4.83. The summed E-state index contributed by atoms with van der Waals surface area (Å²) in [6, 6.07) is 0. The molecule has 0 aliphatic carbocycles. The molecule has 0 rings (SSSR count). The van der Waals surface area contributed by atoms with Crippen molar-refractivity contribution in [2.75, 3.05) is 53.5 Å². The number of likely N-dealkylation sites (N-methyl/N-ethyl adjacent to an activating group) is 1. The molecule has 6 nitrogen and oxygen atoms in total. The molecule has 0 amide bonds. The summed E-state index contributed by atoms with van der Waals surface area (Å²) in [7, 11) is 4.25. The van der Waals surface area contributed by atoms with Crippen LogP contribution in [0.3, 0.4) is 0 Å². The van der Waals surface area contributed by atoms with E-state index >= 15 is 0 Å². The number of ether oxygens (including phenoxy) is 2. The smallest absolute Gasteiger partial charge is 0.306 e. The average Bonchev–Trinajstić information content (AvgIpc) is 3.19. The molecule has 0 saturated carbocycles. The first-order valence-corrected chi connectivity index (χ1v) is 26.6. The first-order valence-electron chi connectivity index (χ1n) is 26.6. The molecule has 0 aromatic carbocycles. The lowest BCUT2D eigenvalue weighted by Gasteiger charge is -2.24. The summed E-state index contributed by atoms with van der Waals surface area (Å²) in [5, 5.41) is 0. The predicted octanol–water partition coefficient (Wildman–Crippen LogP) is 15.8. The summed E-state index contributed by atoms with van der Waals surface area (Å²) < 4.78 is 11.1. The third-order valence-corrected chi connectivity index (χ3v) is 13.2. The molecule has 62 heavy (non-hydrogen) atoms. The molecule has 0 saturated heterocycles. The maximum Gasteiger partial charge on any atom is 0.306 e. The van der Waals surface area contributed by atoms with Crippen molar-refractivity contribution < 1.29 is 19.1 Å². The molecular weight excluding hydrogens is 765 g/mol. The van der Waals surface area contributed by atoms with Crippen LogP contribution in [0.5, 0.6) is 0 Å². The summed E-state index contributed by atoms with van der Waals surface area (Å²) in [4.78, 5) is 29.6. The molecule has 0 spiro atoms. The molecule has 0 heterocycles. The Kier molecular flexibility index (Phi) is 39.7. The lowest BCUT2D eigenvalue weighted by Crippen LogP contribution is -2.33. The number of unbranched alkanes of at least 4 members (excludes halogenated alkanes) is 4. The minimum absolute atomic E-state index is 0.0749. The van der Waals surface area contributed by atoms with Crippen molar-refractivity contribution in [3.8, 4) is 0 Å². The van der Waals surface area contributed by atoms with E-state index in [0.29, 0.717) is 26.1 Å². The fraction of sp³-hybridized carbons (Fsp3) is 0.893. The molecule has 0 aliphatic rings. The molecule has 0 N–H and O–H groups in total. The maximum absolute atomic E-state index is 12.4. The molecule has 0 aromatic heterocycles. The molecule has 6 heteroatoms. The van der Waals surface area contributed by atoms with E-state index in [4.69, 9.17) is 9.47 Å². The Morgan fingerprint density at radius 2 is 0.742 bits per heavy atom. The Morgan fingerprint density at radius 1 is 0.403 bits per heavy atom. The van der Waals surface area contributed by atoms with Crippen LogP contribution in [0.1, 0.15) is 236 Å². The highest BCUT2D eigenvalue weighted by Crippen LogP contribution is 2.24. The van der Waals surface area contributed by atoms with Gasteiger partial charge in [0, 0.05) is 25.9 Å². The monoisotopic (exact) mass is 873 g/mol. The van der Waals surface area contributed by atoms with Crippen LogP contribution >= 0.6 is 0 Å². The van der Waals surface area contributed by atoms with E-state index in [1.165, 1.54) is 114 Å². The Hall–Kier alpha value is -1.66. The fourth-order valence-corrected chi connectivity index (χ4v) is 8.56. The number of rotatable bonds is 43. The van der Waals surface area contributed by atoms with Crippen LogP contribution in [0.15, 0.2) is 23.3 Å². The third-order valence-electron chi connectivity index (χ3n) is 13.2. The highest BCUT2D eigenvalue weighted by Gasteiger charge is 2.11. The average molecular weight is 873 g/mol. The number of allylic oxidation sites excluding steroid dienone is 2. The van der Waals surface area contributed by atoms with Gasteiger partial charge in [-0.25, -0.2) is 0 Å². The SMILES string of the molecule is C/C(=C\COC(=O)CCCCCN(CCCCCC(=O)OC/C=C(\C)CCCC(C)CCCC(C)CCCC(C)C)CCN(C)C)CCCC(C)CCCC(C)CCCC(C)C. The van der Waals surface area contributed by atoms with Gasteiger partial charge in [-0.3, -0.25) is 9.59 Å². The summed E-state index contributed by atoms with van der Waals surface area (Å²) in [5.41, 5.74) is 2.67. The van der Waals surface area contributed by atoms with Crippen LogP contribution in [0.25, 0.3) is 0 Å². The van der Waals surface area contributed by atoms with Crippen molar-refractivity contribution in [2.45, 2.75) is 236 Å². The number of carbonyl (C=O) groups excluding carboxylic acids is 2. The van der Waals surface area contributed by atoms with Gasteiger partial charge in [0.15, 0.2) is 0 Å². The maximum atomic E-state index is 12.4. The standard InChI is InChI=1S/C56H108N2O4/c1-47(2)25-19-27-49(5)29-21-31-51(7)33-23-35-53(9)39-45-61-55(59)37-15-13-17-41-58(44-43-57(11)12)42-18-14-16-38-56(60)62-46-40-54(10)36-24-34-52(8)32-22-30-50(6)28-20-26-48(3)4/h39-40,47-52H,13-38,41-46H2,1-12H3/b53-39+,54-40+. The van der Waals surface area contributed by atoms with Crippen LogP contribution in [-0.4, -0.2) is 75.2 Å². The van der Waals surface area contributed by atoms with E-state index < -0.39 is 0 Å². The third kappa shape index (κ3) is 42.3. The van der Waals surface area contributed by atoms with E-state index in [1.54, 1.807) is 0 Å². The fourth-order valence-electron chi connectivity index (χ4n) is 8.56. The second kappa shape index (κ2) is 40.8. The van der Waals surface area contributed by atoms with Gasteiger partial charge in [0.2, 0.25) is 0 Å². The van der Waals surface area contributed by atoms with Gasteiger partial charge < -0.3 is 19.3 Å². The second-order valence-corrected chi connectivity index (χ2v) is 21.4. The largest absolute Gasteiger partial charge is 0.461 e. The van der Waals surface area contributed by atoms with E-state index in [0.717, 1.165) is 113 Å². The highest BCUT2D eigenvalue weighted by molar-refractivity contribution is 5.69. The Morgan fingerprint density at radius 3 is 1.08 bits per heavy atom. The van der Waals surface area contributed by atoms with Crippen molar-refractivity contribution in [3.05, 3.63) is 23.3 Å².